The van der Waals surface area contributed by atoms with E-state index in [2.05, 4.69) is 64.3 Å². The molecule has 380 valence electrons. The zero-order valence-corrected chi connectivity index (χ0v) is 44.5. The molecule has 1 unspecified atom stereocenters. The Kier molecular flexibility index (Phi) is 17.4. The third-order valence-corrected chi connectivity index (χ3v) is 21.5. The van der Waals surface area contributed by atoms with Gasteiger partial charge < -0.3 is 39.9 Å². The molecule has 1 aromatic rings. The molecule has 2 bridgehead atoms. The molecule has 0 saturated heterocycles. The number of amides is 2. The van der Waals surface area contributed by atoms with E-state index >= 15 is 0 Å². The van der Waals surface area contributed by atoms with E-state index in [0.717, 1.165) is 50.7 Å². The van der Waals surface area contributed by atoms with Gasteiger partial charge in [0.1, 0.15) is 11.9 Å². The number of rotatable bonds is 10. The van der Waals surface area contributed by atoms with Gasteiger partial charge in [-0.2, -0.15) is 0 Å². The van der Waals surface area contributed by atoms with Gasteiger partial charge >= 0.3 is 6.09 Å². The third kappa shape index (κ3) is 12.0. The summed E-state index contributed by atoms with van der Waals surface area (Å²) in [5.74, 6) is 0.702. The van der Waals surface area contributed by atoms with Crippen molar-refractivity contribution in [3.63, 3.8) is 0 Å². The number of allylic oxidation sites excluding steroid dienone is 5. The number of benzene rings is 1. The Labute approximate surface area is 412 Å². The number of nitrogens with two attached hydrogens (primary N) is 1. The van der Waals surface area contributed by atoms with E-state index in [9.17, 15) is 29.4 Å². The van der Waals surface area contributed by atoms with E-state index in [1.807, 2.05) is 13.8 Å². The average molecular weight is 971 g/mol. The zero-order chi connectivity index (χ0) is 50.7. The van der Waals surface area contributed by atoms with E-state index in [1.165, 1.54) is 37.5 Å². The van der Waals surface area contributed by atoms with Crippen LogP contribution in [0, 0.1) is 35.0 Å². The Balaban J connectivity index is 1.17. The largest absolute Gasteiger partial charge is 0.543 e. The van der Waals surface area contributed by atoms with Crippen LogP contribution in [0.1, 0.15) is 137 Å². The number of hydrogen-bond acceptors (Lipinski definition) is 10. The summed E-state index contributed by atoms with van der Waals surface area (Å²) in [5, 5.41) is 26.5. The van der Waals surface area contributed by atoms with Crippen molar-refractivity contribution >= 4 is 31.9 Å². The van der Waals surface area contributed by atoms with Crippen molar-refractivity contribution in [1.29, 1.82) is 0 Å². The number of methoxy groups -OCH3 is 2. The average Bonchev–Trinajstić information content (AvgIpc) is 3.54. The molecule has 12 nitrogen and oxygen atoms in total. The molecule has 0 spiro atoms. The molecule has 1 heterocycles. The molecule has 69 heavy (non-hydrogen) atoms. The molecule has 12 atom stereocenters. The Morgan fingerprint density at radius 1 is 1.01 bits per heavy atom. The van der Waals surface area contributed by atoms with Crippen LogP contribution in [0.3, 0.4) is 0 Å². The molecule has 0 aromatic heterocycles. The molecule has 1 aliphatic heterocycles. The maximum Gasteiger partial charge on any atom is 0.405 e. The molecule has 4 aliphatic carbocycles. The van der Waals surface area contributed by atoms with Crippen molar-refractivity contribution in [3.8, 4) is 5.75 Å². The first-order valence-electron chi connectivity index (χ1n) is 25.5. The van der Waals surface area contributed by atoms with Crippen molar-refractivity contribution in [2.75, 3.05) is 14.2 Å². The van der Waals surface area contributed by atoms with E-state index < -0.39 is 62.5 Å². The first-order valence-corrected chi connectivity index (χ1v) is 28.4. The zero-order valence-electron chi connectivity index (χ0n) is 43.5. The minimum absolute atomic E-state index is 0.0828. The van der Waals surface area contributed by atoms with Gasteiger partial charge in [-0.15, -0.1) is 0 Å². The highest BCUT2D eigenvalue weighted by molar-refractivity contribution is 6.74. The lowest BCUT2D eigenvalue weighted by atomic mass is 9.55. The minimum atomic E-state index is -1.96. The normalized spacial score (nSPS) is 34.8. The molecule has 5 N–H and O–H groups in total. The van der Waals surface area contributed by atoms with Crippen molar-refractivity contribution < 1.29 is 48.0 Å². The fourth-order valence-electron chi connectivity index (χ4n) is 12.1. The maximum atomic E-state index is 14.4. The Hall–Kier alpha value is -4.14. The summed E-state index contributed by atoms with van der Waals surface area (Å²) in [5.41, 5.74) is 9.80. The summed E-state index contributed by atoms with van der Waals surface area (Å²) in [6.45, 7) is 20.9. The maximum absolute atomic E-state index is 14.4. The number of fused-ring (bicyclic) bond motifs is 7. The van der Waals surface area contributed by atoms with Crippen LogP contribution in [0.2, 0.25) is 18.1 Å². The number of nitrogens with one attached hydrogen (secondary N) is 1. The number of aryl methyl sites for hydroxylation is 1. The van der Waals surface area contributed by atoms with Crippen molar-refractivity contribution in [3.05, 3.63) is 87.7 Å². The number of aliphatic hydroxyl groups is 2. The van der Waals surface area contributed by atoms with Crippen LogP contribution in [0.4, 0.5) is 4.79 Å². The number of primary amides is 1. The Morgan fingerprint density at radius 3 is 2.41 bits per heavy atom. The van der Waals surface area contributed by atoms with E-state index in [1.54, 1.807) is 32.1 Å². The lowest BCUT2D eigenvalue weighted by Gasteiger charge is -2.50. The topological polar surface area (TPSA) is 184 Å². The van der Waals surface area contributed by atoms with Gasteiger partial charge in [0, 0.05) is 42.9 Å². The van der Waals surface area contributed by atoms with Crippen LogP contribution in [-0.2, 0) is 35.0 Å². The minimum Gasteiger partial charge on any atom is -0.543 e. The van der Waals surface area contributed by atoms with Crippen LogP contribution in [-0.4, -0.2) is 86.8 Å². The molecular weight excluding hydrogens is 889 g/mol. The lowest BCUT2D eigenvalue weighted by Crippen LogP contribution is -2.44. The standard InChI is InChI=1S/C56H82N2O10Si/c1-32-26-43-42(18-14-13-17-37-30-44-41-22-20-36-29-38(68-69(11,12)55(5,6)7)21-23-39(36)40(41)24-25-56(44,8)52(37)62)46(59)31-45(50(43)61)58-53(63)33(2)16-15-19-47(65-9)51(67-54(57)64)35(4)28-34(3)49(60)48(27-32)66-10/h15-16,19,21,23,28-29,31-32,34,37,40-41,44,47-49,51-52,60,62H,13-14,17-18,20,22,24-27,30H2,1-12H3,(H2,57,64)(H,58,63)/b19-15-,33-16+,35-28+/t32-,34+,37+,40+,41+,44-,47?,48+,49-,51+,52-,56-/m0/s1. The Morgan fingerprint density at radius 2 is 1.74 bits per heavy atom. The first kappa shape index (κ1) is 54.2. The molecule has 5 aliphatic rings. The highest BCUT2D eigenvalue weighted by atomic mass is 28.4. The first-order chi connectivity index (χ1) is 32.4. The highest BCUT2D eigenvalue weighted by Crippen LogP contribution is 2.63. The summed E-state index contributed by atoms with van der Waals surface area (Å²) in [6, 6.07) is 6.84. The van der Waals surface area contributed by atoms with E-state index in [-0.39, 0.29) is 45.8 Å². The molecule has 2 saturated carbocycles. The van der Waals surface area contributed by atoms with E-state index in [0.29, 0.717) is 53.7 Å². The molecule has 0 radical (unpaired) electrons. The summed E-state index contributed by atoms with van der Waals surface area (Å²) in [4.78, 5) is 53.9. The van der Waals surface area contributed by atoms with Gasteiger partial charge in [-0.05, 0) is 160 Å². The summed E-state index contributed by atoms with van der Waals surface area (Å²) in [6.07, 6.45) is 11.6. The highest BCUT2D eigenvalue weighted by Gasteiger charge is 2.57. The number of carbonyl (C=O) groups is 4. The van der Waals surface area contributed by atoms with Gasteiger partial charge in [-0.1, -0.05) is 78.3 Å². The number of aliphatic hydroxyl groups excluding tert-OH is 2. The second-order valence-corrected chi connectivity index (χ2v) is 27.6. The smallest absolute Gasteiger partial charge is 0.405 e. The third-order valence-electron chi connectivity index (χ3n) is 17.2. The van der Waals surface area contributed by atoms with Crippen LogP contribution >= 0.6 is 0 Å². The predicted octanol–water partition coefficient (Wildman–Crippen LogP) is 9.89. The molecule has 1 aromatic carbocycles. The summed E-state index contributed by atoms with van der Waals surface area (Å²) >= 11 is 0. The number of ketones is 2. The van der Waals surface area contributed by atoms with Crippen LogP contribution in [0.5, 0.6) is 5.75 Å². The van der Waals surface area contributed by atoms with Gasteiger partial charge in [-0.3, -0.25) is 14.4 Å². The van der Waals surface area contributed by atoms with E-state index in [4.69, 9.17) is 24.4 Å². The van der Waals surface area contributed by atoms with Gasteiger partial charge in [0.25, 0.3) is 5.91 Å². The predicted molar refractivity (Wildman–Crippen MR) is 272 cm³/mol. The van der Waals surface area contributed by atoms with Gasteiger partial charge in [0.2, 0.25) is 14.1 Å². The van der Waals surface area contributed by atoms with Gasteiger partial charge in [-0.25, -0.2) is 4.79 Å². The second-order valence-electron chi connectivity index (χ2n) is 22.9. The van der Waals surface area contributed by atoms with Crippen LogP contribution in [0.15, 0.2) is 76.6 Å². The quantitative estimate of drug-likeness (QED) is 0.0762. The van der Waals surface area contributed by atoms with Crippen molar-refractivity contribution in [2.45, 2.75) is 181 Å². The van der Waals surface area contributed by atoms with Gasteiger partial charge in [0.05, 0.1) is 24.0 Å². The van der Waals surface area contributed by atoms with Gasteiger partial charge in [0.15, 0.2) is 11.9 Å². The molecule has 6 rings (SSSR count). The molecule has 2 amide bonds. The number of carbonyl (C=O) groups excluding carboxylic acids is 4. The number of ether oxygens (including phenoxy) is 3. The summed E-state index contributed by atoms with van der Waals surface area (Å²) in [7, 11) is 1.02. The number of unbranched alkanes of at least 4 members (excludes halogenated alkanes) is 1. The molecule has 2 fully saturated rings. The number of Topliss-reactive ketones (excluding diaryl/α,β-unsaturated/α-hetero) is 1. The monoisotopic (exact) mass is 971 g/mol. The fourth-order valence-corrected chi connectivity index (χ4v) is 13.1. The summed E-state index contributed by atoms with van der Waals surface area (Å²) < 4.78 is 23.7. The molecule has 13 heteroatoms. The fraction of sp³-hybridized carbons (Fsp3) is 0.643. The Bertz CT molecular complexity index is 2250. The van der Waals surface area contributed by atoms with Crippen molar-refractivity contribution in [1.82, 2.24) is 5.32 Å². The van der Waals surface area contributed by atoms with Crippen LogP contribution in [0.25, 0.3) is 0 Å². The van der Waals surface area contributed by atoms with Crippen molar-refractivity contribution in [2.24, 2.45) is 40.7 Å². The lowest BCUT2D eigenvalue weighted by molar-refractivity contribution is -0.120. The second kappa shape index (κ2) is 22.1. The SMILES string of the molecule is COC1/C=C\C=C(/C)C(=O)NC2=CC(=O)C(CCCC[C@@H]3C[C@H]4[C@@H]5CCc6cc(O[Si](C)(C)C(C)(C)C)ccc6[C@H]5CC[C@]4(C)[C@H]3O)=C(C[C@H](C)C[C@@H](OC)[C@@H](O)[C@H](C)/C=C(\C)[C@H]1OC(N)=O)C2=O. The number of hydrogen-bond donors (Lipinski definition) is 4. The molecular formula is C56H82N2O10Si. The van der Waals surface area contributed by atoms with Crippen LogP contribution < -0.4 is 15.5 Å².